The van der Waals surface area contributed by atoms with Crippen LogP contribution in [0.1, 0.15) is 24.8 Å². The highest BCUT2D eigenvalue weighted by Gasteiger charge is 2.50. The lowest BCUT2D eigenvalue weighted by molar-refractivity contribution is 0.284. The van der Waals surface area contributed by atoms with Crippen LogP contribution in [0.3, 0.4) is 0 Å². The number of rotatable bonds is 7. The summed E-state index contributed by atoms with van der Waals surface area (Å²) in [6.07, 6.45) is 1.82. The molecule has 2 aromatic rings. The normalized spacial score (nSPS) is 17.2. The van der Waals surface area contributed by atoms with E-state index in [4.69, 9.17) is 0 Å². The lowest BCUT2D eigenvalue weighted by atomic mass is 10.2. The molecule has 0 aliphatic heterocycles. The first kappa shape index (κ1) is 19.4. The highest BCUT2D eigenvalue weighted by atomic mass is 32.2. The van der Waals surface area contributed by atoms with E-state index in [1.807, 2.05) is 0 Å². The van der Waals surface area contributed by atoms with Gasteiger partial charge in [0, 0.05) is 19.7 Å². The molecule has 27 heavy (non-hydrogen) atoms. The molecule has 1 heterocycles. The minimum absolute atomic E-state index is 0.0683. The Morgan fingerprint density at radius 2 is 1.96 bits per heavy atom. The third-order valence-electron chi connectivity index (χ3n) is 5.04. The first-order valence-electron chi connectivity index (χ1n) is 8.68. The van der Waals surface area contributed by atoms with E-state index < -0.39 is 20.3 Å². The summed E-state index contributed by atoms with van der Waals surface area (Å²) in [7, 11) is -1.24. The number of aliphatic hydroxyl groups excluding tert-OH is 1. The molecule has 1 atom stereocenters. The van der Waals surface area contributed by atoms with Crippen molar-refractivity contribution in [2.75, 3.05) is 16.6 Å². The summed E-state index contributed by atoms with van der Waals surface area (Å²) in [5.74, 6) is 3.70. The number of aromatic nitrogens is 1. The molecule has 0 saturated heterocycles. The van der Waals surface area contributed by atoms with Crippen molar-refractivity contribution < 1.29 is 13.7 Å². The van der Waals surface area contributed by atoms with E-state index in [9.17, 15) is 18.5 Å². The topological polar surface area (TPSA) is 83.4 Å². The number of nitrogens with one attached hydrogen (secondary N) is 2. The zero-order valence-corrected chi connectivity index (χ0v) is 16.2. The highest BCUT2D eigenvalue weighted by Crippen LogP contribution is 2.47. The van der Waals surface area contributed by atoms with Crippen LogP contribution in [0.2, 0.25) is 0 Å². The summed E-state index contributed by atoms with van der Waals surface area (Å²) >= 11 is 0. The predicted molar refractivity (Wildman–Crippen MR) is 109 cm³/mol. The molecule has 8 heteroatoms. The fraction of sp³-hybridized carbons (Fsp3) is 0.368. The van der Waals surface area contributed by atoms with Gasteiger partial charge in [0.25, 0.3) is 5.56 Å². The van der Waals surface area contributed by atoms with Crippen LogP contribution in [0.4, 0.5) is 21.6 Å². The molecule has 1 aromatic heterocycles. The van der Waals surface area contributed by atoms with Gasteiger partial charge in [-0.2, -0.15) is 0 Å². The van der Waals surface area contributed by atoms with Crippen molar-refractivity contribution in [1.29, 1.82) is 0 Å². The van der Waals surface area contributed by atoms with Crippen LogP contribution in [0.25, 0.3) is 0 Å². The number of halogens is 1. The quantitative estimate of drug-likeness (QED) is 0.632. The largest absolute Gasteiger partial charge is 0.396 e. The number of aliphatic hydroxyl groups is 1. The molecule has 0 spiro atoms. The van der Waals surface area contributed by atoms with Gasteiger partial charge in [-0.05, 0) is 55.8 Å². The van der Waals surface area contributed by atoms with Crippen LogP contribution in [0, 0.1) is 12.7 Å². The van der Waals surface area contributed by atoms with Crippen molar-refractivity contribution in [3.63, 3.8) is 0 Å². The minimum Gasteiger partial charge on any atom is -0.396 e. The summed E-state index contributed by atoms with van der Waals surface area (Å²) in [6.45, 7) is 1.72. The summed E-state index contributed by atoms with van der Waals surface area (Å²) in [5.41, 5.74) is 1.08. The molecule has 1 aromatic carbocycles. The average Bonchev–Trinajstić information content (AvgIpc) is 3.38. The zero-order valence-electron chi connectivity index (χ0n) is 15.4. The Labute approximate surface area is 158 Å². The van der Waals surface area contributed by atoms with E-state index in [0.717, 1.165) is 5.56 Å². The van der Waals surface area contributed by atoms with Crippen molar-refractivity contribution in [2.24, 2.45) is 7.05 Å². The van der Waals surface area contributed by atoms with E-state index in [0.29, 0.717) is 30.8 Å². The number of anilines is 3. The van der Waals surface area contributed by atoms with Crippen LogP contribution in [0.15, 0.2) is 35.1 Å². The molecule has 0 bridgehead atoms. The number of hydrogen-bond acceptors (Lipinski definition) is 4. The number of aryl methyl sites for hydroxylation is 1. The molecule has 3 N–H and O–H groups in total. The molecular weight excluding hydrogens is 369 g/mol. The molecule has 0 radical (unpaired) electrons. The van der Waals surface area contributed by atoms with Crippen LogP contribution in [-0.4, -0.2) is 31.1 Å². The maximum Gasteiger partial charge on any atom is 0.251 e. The van der Waals surface area contributed by atoms with Gasteiger partial charge in [-0.1, -0.05) is 6.07 Å². The second-order valence-corrected chi connectivity index (χ2v) is 9.46. The fourth-order valence-electron chi connectivity index (χ4n) is 3.09. The average molecular weight is 393 g/mol. The first-order chi connectivity index (χ1) is 12.7. The Morgan fingerprint density at radius 3 is 2.56 bits per heavy atom. The Bertz CT molecular complexity index is 1030. The van der Waals surface area contributed by atoms with Crippen molar-refractivity contribution in [1.82, 2.24) is 4.57 Å². The summed E-state index contributed by atoms with van der Waals surface area (Å²) in [4.78, 5) is 12.1. The molecule has 6 nitrogen and oxygen atoms in total. The highest BCUT2D eigenvalue weighted by molar-refractivity contribution is 8.03. The molecule has 0 amide bonds. The van der Waals surface area contributed by atoms with Crippen molar-refractivity contribution in [3.8, 4) is 0 Å². The molecule has 3 rings (SSSR count). The maximum absolute atomic E-state index is 14.3. The number of nitrogens with zero attached hydrogens (tertiary/aromatic N) is 1. The molecule has 1 unspecified atom stereocenters. The predicted octanol–water partition coefficient (Wildman–Crippen LogP) is 2.53. The summed E-state index contributed by atoms with van der Waals surface area (Å²) < 4.78 is 31.2. The van der Waals surface area contributed by atoms with Gasteiger partial charge in [0.15, 0.2) is 0 Å². The molecule has 1 saturated carbocycles. The van der Waals surface area contributed by atoms with Gasteiger partial charge in [-0.25, -0.2) is 8.60 Å². The van der Waals surface area contributed by atoms with Crippen LogP contribution in [-0.2, 0) is 16.8 Å². The van der Waals surface area contributed by atoms with E-state index in [2.05, 4.69) is 15.9 Å². The fourth-order valence-corrected chi connectivity index (χ4v) is 5.01. The van der Waals surface area contributed by atoms with Gasteiger partial charge in [-0.15, -0.1) is 0 Å². The monoisotopic (exact) mass is 393 g/mol. The Balaban J connectivity index is 2.00. The minimum atomic E-state index is -2.78. The van der Waals surface area contributed by atoms with Gasteiger partial charge in [0.05, 0.1) is 25.8 Å². The second kappa shape index (κ2) is 7.01. The van der Waals surface area contributed by atoms with Crippen LogP contribution in [0.5, 0.6) is 0 Å². The number of pyridine rings is 1. The van der Waals surface area contributed by atoms with Crippen molar-refractivity contribution in [2.45, 2.75) is 30.9 Å². The van der Waals surface area contributed by atoms with E-state index in [1.54, 1.807) is 26.1 Å². The van der Waals surface area contributed by atoms with Crippen LogP contribution < -0.4 is 15.6 Å². The van der Waals surface area contributed by atoms with Crippen molar-refractivity contribution in [3.05, 3.63) is 52.1 Å². The van der Waals surface area contributed by atoms with Crippen LogP contribution >= 0.6 is 0 Å². The summed E-state index contributed by atoms with van der Waals surface area (Å²) in [6, 6.07) is 7.59. The first-order valence-corrected chi connectivity index (χ1v) is 10.4. The van der Waals surface area contributed by atoms with Gasteiger partial charge < -0.3 is 15.1 Å². The molecule has 1 aliphatic carbocycles. The molecule has 146 valence electrons. The van der Waals surface area contributed by atoms with E-state index >= 15 is 0 Å². The van der Waals surface area contributed by atoms with Crippen molar-refractivity contribution >= 4 is 32.8 Å². The van der Waals surface area contributed by atoms with E-state index in [1.165, 1.54) is 22.8 Å². The van der Waals surface area contributed by atoms with Gasteiger partial charge >= 0.3 is 0 Å². The zero-order chi connectivity index (χ0) is 19.8. The van der Waals surface area contributed by atoms with E-state index in [-0.39, 0.29) is 17.9 Å². The van der Waals surface area contributed by atoms with Gasteiger partial charge in [-0.3, -0.25) is 9.36 Å². The lowest BCUT2D eigenvalue weighted by Crippen LogP contribution is -2.31. The Morgan fingerprint density at radius 1 is 1.30 bits per heavy atom. The number of hydrogen-bond donors (Lipinski definition) is 3. The standard InChI is InChI=1S/C19H24FN3O3S/c1-13-4-5-15(14(20)12-13)21-18-16(6-7-17(25)23(18)2)22-27(3,26)19(8-9-19)10-11-24/h4-7,12,21,24H,3,8-11H2,1-2H3,(H,22,26). The number of benzene rings is 1. The SMILES string of the molecule is C=S(=O)(Nc1ccc(=O)n(C)c1Nc1ccc(C)cc1F)C1(CCO)CC1. The molecule has 1 fully saturated rings. The van der Waals surface area contributed by atoms with Gasteiger partial charge in [0.1, 0.15) is 11.6 Å². The third kappa shape index (κ3) is 3.72. The lowest BCUT2D eigenvalue weighted by Gasteiger charge is -2.24. The molecule has 1 aliphatic rings. The molecular formula is C19H24FN3O3S. The third-order valence-corrected chi connectivity index (χ3v) is 7.60. The smallest absolute Gasteiger partial charge is 0.251 e. The summed E-state index contributed by atoms with van der Waals surface area (Å²) in [5, 5.41) is 12.2. The Kier molecular flexibility index (Phi) is 5.05. The second-order valence-electron chi connectivity index (χ2n) is 7.04. The Hall–Kier alpha value is -2.32. The van der Waals surface area contributed by atoms with Gasteiger partial charge in [0.2, 0.25) is 0 Å². The maximum atomic E-state index is 14.3.